The van der Waals surface area contributed by atoms with Gasteiger partial charge in [0.05, 0.1) is 6.07 Å². The number of aromatic nitrogens is 1. The number of halogens is 3. The van der Waals surface area contributed by atoms with Crippen LogP contribution >= 0.6 is 0 Å². The quantitative estimate of drug-likeness (QED) is 0.517. The van der Waals surface area contributed by atoms with Gasteiger partial charge in [-0.15, -0.1) is 0 Å². The van der Waals surface area contributed by atoms with E-state index in [0.29, 0.717) is 17.3 Å². The summed E-state index contributed by atoms with van der Waals surface area (Å²) in [5, 5.41) is 15.1. The van der Waals surface area contributed by atoms with E-state index in [9.17, 15) is 37.6 Å². The lowest BCUT2D eigenvalue weighted by Gasteiger charge is -2.49. The summed E-state index contributed by atoms with van der Waals surface area (Å²) in [7, 11) is 0. The van der Waals surface area contributed by atoms with Crippen LogP contribution in [0.5, 0.6) is 0 Å². The lowest BCUT2D eigenvalue weighted by molar-refractivity contribution is -0.176. The Bertz CT molecular complexity index is 1450. The number of rotatable bonds is 5. The summed E-state index contributed by atoms with van der Waals surface area (Å²) in [6, 6.07) is 6.18. The molecule has 2 fully saturated rings. The molecule has 2 heterocycles. The van der Waals surface area contributed by atoms with Gasteiger partial charge in [-0.3, -0.25) is 19.2 Å². The molecule has 1 aliphatic heterocycles. The summed E-state index contributed by atoms with van der Waals surface area (Å²) in [5.74, 6) is -4.08. The zero-order chi connectivity index (χ0) is 29.8. The minimum Gasteiger partial charge on any atom is -0.336 e. The number of carbonyl (C=O) groups is 3. The molecule has 3 N–H and O–H groups in total. The van der Waals surface area contributed by atoms with E-state index < -0.39 is 53.0 Å². The van der Waals surface area contributed by atoms with Crippen LogP contribution in [0.1, 0.15) is 52.6 Å². The van der Waals surface area contributed by atoms with Crippen LogP contribution in [-0.4, -0.2) is 52.4 Å². The van der Waals surface area contributed by atoms with E-state index in [1.807, 2.05) is 25.2 Å². The first kappa shape index (κ1) is 29.1. The van der Waals surface area contributed by atoms with Crippen molar-refractivity contribution in [2.75, 3.05) is 6.54 Å². The lowest BCUT2D eigenvalue weighted by atomic mass is 9.55. The Hall–Kier alpha value is -3.88. The number of alkyl halides is 3. The number of para-hydroxylation sites is 1. The lowest BCUT2D eigenvalue weighted by Crippen LogP contribution is -2.60. The third-order valence-corrected chi connectivity index (χ3v) is 8.01. The monoisotopic (exact) mass is 559 g/mol. The number of pyridine rings is 1. The number of amides is 3. The van der Waals surface area contributed by atoms with Gasteiger partial charge in [-0.25, -0.2) is 0 Å². The number of hydrogen-bond acceptors (Lipinski definition) is 5. The van der Waals surface area contributed by atoms with Crippen LogP contribution in [0.15, 0.2) is 35.1 Å². The smallest absolute Gasteiger partial charge is 0.336 e. The largest absolute Gasteiger partial charge is 0.471 e. The second-order valence-corrected chi connectivity index (χ2v) is 12.4. The predicted molar refractivity (Wildman–Crippen MR) is 139 cm³/mol. The molecule has 5 atom stereocenters. The maximum absolute atomic E-state index is 13.8. The number of benzene rings is 1. The van der Waals surface area contributed by atoms with Gasteiger partial charge in [-0.2, -0.15) is 18.4 Å². The molecule has 0 radical (unpaired) electrons. The molecule has 40 heavy (non-hydrogen) atoms. The minimum atomic E-state index is -5.19. The molecule has 12 heteroatoms. The van der Waals surface area contributed by atoms with E-state index >= 15 is 0 Å². The molecule has 214 valence electrons. The highest BCUT2D eigenvalue weighted by Crippen LogP contribution is 2.57. The van der Waals surface area contributed by atoms with Gasteiger partial charge in [0.25, 0.3) is 0 Å². The Balaban J connectivity index is 1.69. The van der Waals surface area contributed by atoms with Crippen molar-refractivity contribution >= 4 is 28.6 Å². The molecule has 1 saturated heterocycles. The van der Waals surface area contributed by atoms with Gasteiger partial charge >= 0.3 is 12.1 Å². The van der Waals surface area contributed by atoms with Crippen molar-refractivity contribution in [3.8, 4) is 6.07 Å². The fourth-order valence-corrected chi connectivity index (χ4v) is 6.28. The highest BCUT2D eigenvalue weighted by molar-refractivity contribution is 5.95. The molecule has 1 aliphatic carbocycles. The number of hydrogen-bond donors (Lipinski definition) is 3. The second kappa shape index (κ2) is 9.94. The summed E-state index contributed by atoms with van der Waals surface area (Å²) in [6.07, 6.45) is -4.50. The van der Waals surface area contributed by atoms with Gasteiger partial charge < -0.3 is 20.5 Å². The topological polar surface area (TPSA) is 135 Å². The van der Waals surface area contributed by atoms with Gasteiger partial charge in [0.1, 0.15) is 18.1 Å². The minimum absolute atomic E-state index is 0.0745. The standard InChI is InChI=1S/C28H32F3N5O4/c1-26(2,3)22(35-25(40)28(29,30)31)24(39)36-13-14-11-27(4,5)20(14)21(36)23(38)34-18(12-32)16-10-19(37)33-17-9-7-6-8-15(16)17/h6-10,14,18,20-22H,11,13H2,1-5H3,(H,33,37)(H,34,38)(H,35,40)/t14?,18-,20+,21+,22-/m1/s1. The molecule has 0 bridgehead atoms. The number of nitrogens with zero attached hydrogens (tertiary/aromatic N) is 2. The molecule has 1 aromatic carbocycles. The number of H-pyrrole nitrogens is 1. The number of aromatic amines is 1. The normalized spacial score (nSPS) is 23.4. The van der Waals surface area contributed by atoms with E-state index in [2.05, 4.69) is 10.3 Å². The zero-order valence-corrected chi connectivity index (χ0v) is 22.8. The fraction of sp³-hybridized carbons (Fsp3) is 0.536. The number of nitriles is 1. The third-order valence-electron chi connectivity index (χ3n) is 8.01. The average molecular weight is 560 g/mol. The van der Waals surface area contributed by atoms with Crippen LogP contribution in [0.25, 0.3) is 10.9 Å². The van der Waals surface area contributed by atoms with Gasteiger partial charge in [0.2, 0.25) is 17.4 Å². The third kappa shape index (κ3) is 5.29. The first-order valence-corrected chi connectivity index (χ1v) is 13.0. The predicted octanol–water partition coefficient (Wildman–Crippen LogP) is 3.18. The molecular weight excluding hydrogens is 527 g/mol. The van der Waals surface area contributed by atoms with E-state index in [-0.39, 0.29) is 29.4 Å². The van der Waals surface area contributed by atoms with Crippen molar-refractivity contribution in [2.45, 2.75) is 65.3 Å². The molecule has 0 spiro atoms. The molecule has 1 unspecified atom stereocenters. The first-order chi connectivity index (χ1) is 18.5. The van der Waals surface area contributed by atoms with Crippen LogP contribution in [0, 0.1) is 34.0 Å². The van der Waals surface area contributed by atoms with Crippen LogP contribution in [0.3, 0.4) is 0 Å². The van der Waals surface area contributed by atoms with Gasteiger partial charge in [0, 0.05) is 29.1 Å². The second-order valence-electron chi connectivity index (χ2n) is 12.4. The molecule has 4 rings (SSSR count). The van der Waals surface area contributed by atoms with E-state index in [1.54, 1.807) is 24.3 Å². The highest BCUT2D eigenvalue weighted by Gasteiger charge is 2.61. The van der Waals surface area contributed by atoms with Crippen molar-refractivity contribution in [1.29, 1.82) is 5.26 Å². The molecule has 1 aromatic heterocycles. The molecule has 9 nitrogen and oxygen atoms in total. The van der Waals surface area contributed by atoms with Crippen LogP contribution in [0.4, 0.5) is 13.2 Å². The van der Waals surface area contributed by atoms with Crippen LogP contribution in [-0.2, 0) is 14.4 Å². The number of fused-ring (bicyclic) bond motifs is 2. The fourth-order valence-electron chi connectivity index (χ4n) is 6.28. The Kier molecular flexibility index (Phi) is 7.24. The van der Waals surface area contributed by atoms with Gasteiger partial charge in [0.15, 0.2) is 0 Å². The van der Waals surface area contributed by atoms with Crippen molar-refractivity contribution in [3.63, 3.8) is 0 Å². The van der Waals surface area contributed by atoms with Crippen LogP contribution < -0.4 is 16.2 Å². The Labute approximate surface area is 229 Å². The van der Waals surface area contributed by atoms with Crippen molar-refractivity contribution in [2.24, 2.45) is 22.7 Å². The summed E-state index contributed by atoms with van der Waals surface area (Å²) in [5.41, 5.74) is -1.16. The van der Waals surface area contributed by atoms with Crippen molar-refractivity contribution in [3.05, 3.63) is 46.2 Å². The molecular formula is C28H32F3N5O4. The number of carbonyl (C=O) groups excluding carboxylic acids is 3. The van der Waals surface area contributed by atoms with E-state index in [0.717, 1.165) is 0 Å². The van der Waals surface area contributed by atoms with E-state index in [4.69, 9.17) is 0 Å². The molecule has 2 aromatic rings. The van der Waals surface area contributed by atoms with Crippen molar-refractivity contribution in [1.82, 2.24) is 20.5 Å². The highest BCUT2D eigenvalue weighted by atomic mass is 19.4. The number of likely N-dealkylation sites (tertiary alicyclic amines) is 1. The van der Waals surface area contributed by atoms with Crippen LogP contribution in [0.2, 0.25) is 0 Å². The summed E-state index contributed by atoms with van der Waals surface area (Å²) < 4.78 is 39.3. The SMILES string of the molecule is CC(C)(C)[C@H](NC(=O)C(F)(F)F)C(=O)N1CC2CC(C)(C)[C@@H]2[C@H]1C(=O)N[C@H](C#N)c1cc(=O)[nH]c2ccccc12. The van der Waals surface area contributed by atoms with Crippen molar-refractivity contribution < 1.29 is 27.6 Å². The summed E-state index contributed by atoms with van der Waals surface area (Å²) >= 11 is 0. The van der Waals surface area contributed by atoms with E-state index in [1.165, 1.54) is 31.7 Å². The molecule has 3 amide bonds. The first-order valence-electron chi connectivity index (χ1n) is 13.0. The van der Waals surface area contributed by atoms with Gasteiger partial charge in [-0.1, -0.05) is 52.8 Å². The average Bonchev–Trinajstić information content (AvgIpc) is 3.18. The van der Waals surface area contributed by atoms with Gasteiger partial charge in [-0.05, 0) is 35.2 Å². The zero-order valence-electron chi connectivity index (χ0n) is 22.8. The maximum Gasteiger partial charge on any atom is 0.471 e. The summed E-state index contributed by atoms with van der Waals surface area (Å²) in [4.78, 5) is 55.7. The maximum atomic E-state index is 13.8. The molecule has 2 aliphatic rings. The molecule has 1 saturated carbocycles. The Morgan fingerprint density at radius 1 is 1.15 bits per heavy atom. The Morgan fingerprint density at radius 3 is 2.38 bits per heavy atom. The number of nitrogens with one attached hydrogen (secondary N) is 3. The summed E-state index contributed by atoms with van der Waals surface area (Å²) in [6.45, 7) is 8.60. The Morgan fingerprint density at radius 2 is 1.80 bits per heavy atom.